The molecule has 0 radical (unpaired) electrons. The van der Waals surface area contributed by atoms with E-state index in [1.165, 1.54) is 19.1 Å². The predicted octanol–water partition coefficient (Wildman–Crippen LogP) is 2.79. The van der Waals surface area contributed by atoms with E-state index in [1.54, 1.807) is 12.1 Å². The van der Waals surface area contributed by atoms with E-state index in [1.807, 2.05) is 27.7 Å². The van der Waals surface area contributed by atoms with E-state index < -0.39 is 24.1 Å². The van der Waals surface area contributed by atoms with Gasteiger partial charge in [-0.3, -0.25) is 9.59 Å². The summed E-state index contributed by atoms with van der Waals surface area (Å²) in [4.78, 5) is 22.5. The van der Waals surface area contributed by atoms with Crippen LogP contribution in [0, 0.1) is 5.82 Å². The van der Waals surface area contributed by atoms with Gasteiger partial charge in [0.25, 0.3) is 0 Å². The number of aldehydes is 1. The summed E-state index contributed by atoms with van der Waals surface area (Å²) in [5.41, 5.74) is -0.142. The molecule has 0 saturated carbocycles. The Balaban J connectivity index is 2.42. The molecule has 1 aliphatic rings. The second kappa shape index (κ2) is 7.10. The Morgan fingerprint density at radius 3 is 2.36 bits per heavy atom. The lowest BCUT2D eigenvalue weighted by Crippen LogP contribution is -2.41. The van der Waals surface area contributed by atoms with Gasteiger partial charge in [0.05, 0.1) is 16.8 Å². The van der Waals surface area contributed by atoms with Gasteiger partial charge in [0.2, 0.25) is 5.91 Å². The van der Waals surface area contributed by atoms with Gasteiger partial charge in [-0.2, -0.15) is 0 Å². The number of carbonyl (C=O) groups excluding carboxylic acids is 2. The molecule has 0 aromatic heterocycles. The Morgan fingerprint density at radius 1 is 1.24 bits per heavy atom. The minimum Gasteiger partial charge on any atom is -0.400 e. The fourth-order valence-corrected chi connectivity index (χ4v) is 2.43. The van der Waals surface area contributed by atoms with Crippen LogP contribution in [0.4, 0.5) is 4.39 Å². The second-order valence-corrected chi connectivity index (χ2v) is 7.08. The molecule has 1 saturated heterocycles. The Bertz CT molecular complexity index is 699. The third-order valence-electron chi connectivity index (χ3n) is 4.64. The molecular weight excluding hydrogens is 324 g/mol. The van der Waals surface area contributed by atoms with Crippen molar-refractivity contribution in [3.63, 3.8) is 0 Å². The van der Waals surface area contributed by atoms with Gasteiger partial charge in [-0.15, -0.1) is 0 Å². The Labute approximate surface area is 147 Å². The zero-order valence-corrected chi connectivity index (χ0v) is 15.2. The minimum absolute atomic E-state index is 0.0423. The number of halogens is 1. The van der Waals surface area contributed by atoms with Crippen molar-refractivity contribution in [3.05, 3.63) is 40.6 Å². The van der Waals surface area contributed by atoms with Gasteiger partial charge in [-0.25, -0.2) is 4.39 Å². The summed E-state index contributed by atoms with van der Waals surface area (Å²) in [5, 5.41) is 2.70. The SMILES string of the molecule is CC(=O)NCC(=Cc1cccc(F)c1C=O)B1OC(C)(C)C(C)(C)O1. The van der Waals surface area contributed by atoms with Crippen molar-refractivity contribution in [3.8, 4) is 0 Å². The number of amides is 1. The summed E-state index contributed by atoms with van der Waals surface area (Å²) in [6, 6.07) is 4.38. The first kappa shape index (κ1) is 19.3. The Hall–Kier alpha value is -1.99. The highest BCUT2D eigenvalue weighted by atomic mass is 19.1. The molecule has 1 heterocycles. The van der Waals surface area contributed by atoms with Crippen molar-refractivity contribution in [2.45, 2.75) is 45.8 Å². The molecule has 1 amide bonds. The molecule has 5 nitrogen and oxygen atoms in total. The van der Waals surface area contributed by atoms with Crippen molar-refractivity contribution in [1.82, 2.24) is 5.32 Å². The molecule has 0 bridgehead atoms. The highest BCUT2D eigenvalue weighted by Gasteiger charge is 2.52. The van der Waals surface area contributed by atoms with Crippen LogP contribution in [0.5, 0.6) is 0 Å². The summed E-state index contributed by atoms with van der Waals surface area (Å²) >= 11 is 0. The van der Waals surface area contributed by atoms with Crippen molar-refractivity contribution >= 4 is 25.4 Å². The van der Waals surface area contributed by atoms with Crippen LogP contribution in [0.25, 0.3) is 6.08 Å². The zero-order chi connectivity index (χ0) is 18.8. The Kier molecular flexibility index (Phi) is 5.49. The number of rotatable bonds is 5. The summed E-state index contributed by atoms with van der Waals surface area (Å²) < 4.78 is 25.9. The van der Waals surface area contributed by atoms with E-state index in [-0.39, 0.29) is 18.0 Å². The third kappa shape index (κ3) is 4.17. The highest BCUT2D eigenvalue weighted by Crippen LogP contribution is 2.38. The average Bonchev–Trinajstić information content (AvgIpc) is 2.71. The van der Waals surface area contributed by atoms with Crippen LogP contribution in [0.3, 0.4) is 0 Å². The maximum absolute atomic E-state index is 13.8. The van der Waals surface area contributed by atoms with Crippen molar-refractivity contribution in [1.29, 1.82) is 0 Å². The number of benzene rings is 1. The van der Waals surface area contributed by atoms with Crippen LogP contribution >= 0.6 is 0 Å². The maximum atomic E-state index is 13.8. The first-order valence-corrected chi connectivity index (χ1v) is 8.11. The van der Waals surface area contributed by atoms with Crippen LogP contribution in [0.2, 0.25) is 0 Å². The molecule has 1 aromatic carbocycles. The zero-order valence-electron chi connectivity index (χ0n) is 15.2. The monoisotopic (exact) mass is 347 g/mol. The number of hydrogen-bond donors (Lipinski definition) is 1. The van der Waals surface area contributed by atoms with Gasteiger partial charge in [0.1, 0.15) is 5.82 Å². The fraction of sp³-hybridized carbons (Fsp3) is 0.444. The molecule has 134 valence electrons. The van der Waals surface area contributed by atoms with Gasteiger partial charge in [-0.05, 0) is 44.8 Å². The minimum atomic E-state index is -0.709. The number of hydrogen-bond acceptors (Lipinski definition) is 4. The van der Waals surface area contributed by atoms with E-state index in [0.29, 0.717) is 17.3 Å². The smallest absolute Gasteiger partial charge is 0.400 e. The first-order valence-electron chi connectivity index (χ1n) is 8.11. The molecule has 0 unspecified atom stereocenters. The molecule has 1 fully saturated rings. The number of nitrogens with one attached hydrogen (secondary N) is 1. The molecule has 1 aliphatic heterocycles. The van der Waals surface area contributed by atoms with E-state index >= 15 is 0 Å². The lowest BCUT2D eigenvalue weighted by Gasteiger charge is -2.32. The van der Waals surface area contributed by atoms with E-state index in [4.69, 9.17) is 9.31 Å². The van der Waals surface area contributed by atoms with Crippen LogP contribution in [0.15, 0.2) is 23.7 Å². The summed E-state index contributed by atoms with van der Waals surface area (Å²) in [7, 11) is -0.709. The fourth-order valence-electron chi connectivity index (χ4n) is 2.43. The van der Waals surface area contributed by atoms with Crippen molar-refractivity contribution < 1.29 is 23.3 Å². The normalized spacial score (nSPS) is 19.0. The van der Waals surface area contributed by atoms with E-state index in [2.05, 4.69) is 5.32 Å². The average molecular weight is 347 g/mol. The van der Waals surface area contributed by atoms with Crippen LogP contribution in [-0.4, -0.2) is 37.1 Å². The molecule has 2 rings (SSSR count). The largest absolute Gasteiger partial charge is 0.492 e. The summed E-state index contributed by atoms with van der Waals surface area (Å²) in [6.45, 7) is 9.25. The van der Waals surface area contributed by atoms with Gasteiger partial charge in [0.15, 0.2) is 6.29 Å². The third-order valence-corrected chi connectivity index (χ3v) is 4.64. The Morgan fingerprint density at radius 2 is 1.84 bits per heavy atom. The molecule has 0 atom stereocenters. The number of carbonyl (C=O) groups is 2. The topological polar surface area (TPSA) is 64.6 Å². The molecule has 25 heavy (non-hydrogen) atoms. The second-order valence-electron chi connectivity index (χ2n) is 7.08. The highest BCUT2D eigenvalue weighted by molar-refractivity contribution is 6.56. The van der Waals surface area contributed by atoms with Gasteiger partial charge >= 0.3 is 7.12 Å². The molecule has 0 aliphatic carbocycles. The lowest BCUT2D eigenvalue weighted by molar-refractivity contribution is -0.118. The molecule has 1 aromatic rings. The van der Waals surface area contributed by atoms with E-state index in [0.717, 1.165) is 0 Å². The van der Waals surface area contributed by atoms with Crippen LogP contribution < -0.4 is 5.32 Å². The van der Waals surface area contributed by atoms with Crippen molar-refractivity contribution in [2.24, 2.45) is 0 Å². The first-order chi connectivity index (χ1) is 11.6. The molecule has 0 spiro atoms. The lowest BCUT2D eigenvalue weighted by atomic mass is 9.76. The van der Waals surface area contributed by atoms with E-state index in [9.17, 15) is 14.0 Å². The molecule has 7 heteroatoms. The van der Waals surface area contributed by atoms with Gasteiger partial charge in [-0.1, -0.05) is 18.2 Å². The summed E-state index contributed by atoms with van der Waals surface area (Å²) in [5.74, 6) is -0.811. The summed E-state index contributed by atoms with van der Waals surface area (Å²) in [6.07, 6.45) is 2.10. The quantitative estimate of drug-likeness (QED) is 0.657. The van der Waals surface area contributed by atoms with Gasteiger partial charge < -0.3 is 14.6 Å². The standard InChI is InChI=1S/C18H23BFNO4/c1-12(23)21-10-14(19-24-17(2,3)18(4,5)25-19)9-13-7-6-8-16(20)15(13)11-22/h6-9,11H,10H2,1-5H3,(H,21,23). The van der Waals surface area contributed by atoms with Crippen molar-refractivity contribution in [2.75, 3.05) is 6.54 Å². The van der Waals surface area contributed by atoms with Crippen LogP contribution in [-0.2, 0) is 14.1 Å². The van der Waals surface area contributed by atoms with Gasteiger partial charge in [0, 0.05) is 13.5 Å². The molecule has 1 N–H and O–H groups in total. The maximum Gasteiger partial charge on any atom is 0.492 e. The van der Waals surface area contributed by atoms with Crippen LogP contribution in [0.1, 0.15) is 50.5 Å². The molecular formula is C18H23BFNO4. The predicted molar refractivity (Wildman–Crippen MR) is 94.5 cm³/mol.